The van der Waals surface area contributed by atoms with E-state index in [1.54, 1.807) is 0 Å². The van der Waals surface area contributed by atoms with Crippen molar-refractivity contribution in [3.8, 4) is 0 Å². The number of aromatic nitrogens is 3. The van der Waals surface area contributed by atoms with Gasteiger partial charge in [0.15, 0.2) is 0 Å². The van der Waals surface area contributed by atoms with E-state index in [9.17, 15) is 0 Å². The summed E-state index contributed by atoms with van der Waals surface area (Å²) >= 11 is 6.34. The standard InChI is InChI=1S/C23H30ClN7O2/c1-16-9-23(22-8-18(24)3-2-17(22)4-7-33-23)5-6-29(16)10-19-11-30(27-25-19)12-20-13-31(28-26-20)21-14-32-15-21/h2-3,8,11,13,16,21,26,28H,4-7,9-10,12,14-15H2,1H3/t16-,23+/m0/s1. The molecule has 10 heteroatoms. The van der Waals surface area contributed by atoms with Crippen molar-refractivity contribution in [1.82, 2.24) is 35.9 Å². The maximum Gasteiger partial charge on any atom is 0.0967 e. The highest BCUT2D eigenvalue weighted by molar-refractivity contribution is 6.30. The number of hydrazine groups is 2. The Kier molecular flexibility index (Phi) is 5.54. The number of nitrogens with one attached hydrogen (secondary N) is 2. The van der Waals surface area contributed by atoms with E-state index >= 15 is 0 Å². The van der Waals surface area contributed by atoms with Gasteiger partial charge in [0.05, 0.1) is 55.6 Å². The van der Waals surface area contributed by atoms with Crippen LogP contribution < -0.4 is 11.0 Å². The number of ether oxygens (including phenoxy) is 2. The van der Waals surface area contributed by atoms with Crippen LogP contribution in [0.4, 0.5) is 0 Å². The second kappa shape index (κ2) is 8.56. The summed E-state index contributed by atoms with van der Waals surface area (Å²) in [6.45, 7) is 6.96. The molecule has 5 heterocycles. The van der Waals surface area contributed by atoms with Gasteiger partial charge in [0.2, 0.25) is 0 Å². The number of allylic oxidation sites excluding steroid dienone is 1. The van der Waals surface area contributed by atoms with Gasteiger partial charge in [0.1, 0.15) is 0 Å². The zero-order valence-electron chi connectivity index (χ0n) is 18.8. The second-order valence-electron chi connectivity index (χ2n) is 9.56. The number of nitrogens with zero attached hydrogens (tertiary/aromatic N) is 5. The summed E-state index contributed by atoms with van der Waals surface area (Å²) in [4.78, 5) is 2.48. The molecule has 2 atom stereocenters. The lowest BCUT2D eigenvalue weighted by Gasteiger charge is -2.48. The van der Waals surface area contributed by atoms with E-state index in [2.05, 4.69) is 56.4 Å². The van der Waals surface area contributed by atoms with Crippen LogP contribution >= 0.6 is 11.6 Å². The number of piperidine rings is 1. The third-order valence-electron chi connectivity index (χ3n) is 7.30. The van der Waals surface area contributed by atoms with Crippen LogP contribution in [0.15, 0.2) is 36.3 Å². The first kappa shape index (κ1) is 21.4. The monoisotopic (exact) mass is 471 g/mol. The molecule has 0 radical (unpaired) electrons. The van der Waals surface area contributed by atoms with Crippen molar-refractivity contribution in [2.75, 3.05) is 26.4 Å². The number of likely N-dealkylation sites (tertiary alicyclic amines) is 1. The first-order valence-electron chi connectivity index (χ1n) is 11.7. The highest BCUT2D eigenvalue weighted by atomic mass is 35.5. The largest absolute Gasteiger partial charge is 0.377 e. The van der Waals surface area contributed by atoms with Crippen LogP contribution in [0.3, 0.4) is 0 Å². The Labute approximate surface area is 198 Å². The molecule has 0 aliphatic carbocycles. The van der Waals surface area contributed by atoms with Gasteiger partial charge in [-0.05, 0) is 49.4 Å². The molecule has 33 heavy (non-hydrogen) atoms. The van der Waals surface area contributed by atoms with Crippen molar-refractivity contribution in [3.05, 3.63) is 58.1 Å². The van der Waals surface area contributed by atoms with Gasteiger partial charge in [-0.15, -0.1) is 10.6 Å². The summed E-state index contributed by atoms with van der Waals surface area (Å²) in [6, 6.07) is 7.04. The van der Waals surface area contributed by atoms with Crippen LogP contribution in [0.25, 0.3) is 0 Å². The lowest BCUT2D eigenvalue weighted by Crippen LogP contribution is -2.52. The van der Waals surface area contributed by atoms with Gasteiger partial charge in [-0.2, -0.15) is 0 Å². The minimum absolute atomic E-state index is 0.225. The third kappa shape index (κ3) is 4.13. The minimum atomic E-state index is -0.225. The molecule has 2 saturated heterocycles. The fourth-order valence-corrected chi connectivity index (χ4v) is 5.56. The maximum atomic E-state index is 6.42. The molecular weight excluding hydrogens is 442 g/mol. The zero-order chi connectivity index (χ0) is 22.4. The lowest BCUT2D eigenvalue weighted by molar-refractivity contribution is -0.113. The molecule has 0 saturated carbocycles. The van der Waals surface area contributed by atoms with Crippen LogP contribution in [0.1, 0.15) is 36.6 Å². The smallest absolute Gasteiger partial charge is 0.0967 e. The number of benzene rings is 1. The molecule has 4 aliphatic heterocycles. The molecule has 2 N–H and O–H groups in total. The average molecular weight is 472 g/mol. The molecule has 0 amide bonds. The highest BCUT2D eigenvalue weighted by Crippen LogP contribution is 2.44. The van der Waals surface area contributed by atoms with Crippen LogP contribution in [-0.4, -0.2) is 63.4 Å². The molecule has 4 aliphatic rings. The Morgan fingerprint density at radius 3 is 3.00 bits per heavy atom. The van der Waals surface area contributed by atoms with Gasteiger partial charge in [0, 0.05) is 30.4 Å². The summed E-state index contributed by atoms with van der Waals surface area (Å²) in [7, 11) is 0. The van der Waals surface area contributed by atoms with E-state index in [1.807, 2.05) is 16.9 Å². The molecule has 1 aromatic carbocycles. The van der Waals surface area contributed by atoms with Crippen molar-refractivity contribution in [2.24, 2.45) is 0 Å². The summed E-state index contributed by atoms with van der Waals surface area (Å²) in [5.74, 6) is 0. The summed E-state index contributed by atoms with van der Waals surface area (Å²) in [5, 5.41) is 11.6. The zero-order valence-corrected chi connectivity index (χ0v) is 19.6. The Balaban J connectivity index is 1.09. The van der Waals surface area contributed by atoms with Crippen molar-refractivity contribution in [1.29, 1.82) is 0 Å². The number of fused-ring (bicyclic) bond motifs is 2. The van der Waals surface area contributed by atoms with Crippen LogP contribution in [0, 0.1) is 0 Å². The van der Waals surface area contributed by atoms with Crippen molar-refractivity contribution in [2.45, 2.75) is 57.0 Å². The average Bonchev–Trinajstić information content (AvgIpc) is 3.40. The predicted octanol–water partition coefficient (Wildman–Crippen LogP) is 1.95. The van der Waals surface area contributed by atoms with E-state index in [4.69, 9.17) is 21.1 Å². The number of hydrogen-bond acceptors (Lipinski definition) is 8. The first-order valence-corrected chi connectivity index (χ1v) is 12.1. The van der Waals surface area contributed by atoms with Crippen LogP contribution in [-0.2, 0) is 34.6 Å². The van der Waals surface area contributed by atoms with Gasteiger partial charge in [-0.1, -0.05) is 22.9 Å². The molecule has 6 rings (SSSR count). The molecule has 9 nitrogen and oxygen atoms in total. The normalized spacial score (nSPS) is 27.9. The molecule has 176 valence electrons. The van der Waals surface area contributed by atoms with Gasteiger partial charge >= 0.3 is 0 Å². The summed E-state index contributed by atoms with van der Waals surface area (Å²) in [5.41, 5.74) is 10.9. The summed E-state index contributed by atoms with van der Waals surface area (Å²) in [6.07, 6.45) is 7.00. The van der Waals surface area contributed by atoms with Gasteiger partial charge < -0.3 is 14.9 Å². The summed E-state index contributed by atoms with van der Waals surface area (Å²) < 4.78 is 13.6. The molecule has 1 spiro atoms. The van der Waals surface area contributed by atoms with Gasteiger partial charge in [-0.3, -0.25) is 9.91 Å². The molecule has 1 aromatic heterocycles. The first-order chi connectivity index (χ1) is 16.1. The van der Waals surface area contributed by atoms with Crippen molar-refractivity contribution in [3.63, 3.8) is 0 Å². The van der Waals surface area contributed by atoms with E-state index < -0.39 is 0 Å². The fraction of sp³-hybridized carbons (Fsp3) is 0.565. The SMILES string of the molecule is C[C@H]1C[C@@]2(CCN1Cc1cn(CC3=CN(C4COC4)NN3)nn1)OCCc1ccc(Cl)cc12. The lowest BCUT2D eigenvalue weighted by atomic mass is 9.77. The van der Waals surface area contributed by atoms with E-state index in [0.29, 0.717) is 18.6 Å². The fourth-order valence-electron chi connectivity index (χ4n) is 5.39. The maximum absolute atomic E-state index is 6.42. The number of halogens is 1. The third-order valence-corrected chi connectivity index (χ3v) is 7.54. The van der Waals surface area contributed by atoms with Crippen molar-refractivity contribution < 1.29 is 9.47 Å². The number of rotatable bonds is 5. The van der Waals surface area contributed by atoms with Gasteiger partial charge in [-0.25, -0.2) is 4.68 Å². The Morgan fingerprint density at radius 2 is 2.18 bits per heavy atom. The molecule has 0 bridgehead atoms. The Hall–Kier alpha value is -2.17. The van der Waals surface area contributed by atoms with Crippen LogP contribution in [0.5, 0.6) is 0 Å². The van der Waals surface area contributed by atoms with E-state index in [-0.39, 0.29) is 5.60 Å². The Morgan fingerprint density at radius 1 is 1.27 bits per heavy atom. The number of hydrogen-bond donors (Lipinski definition) is 2. The molecule has 2 aromatic rings. The molecular formula is C23H30ClN7O2. The quantitative estimate of drug-likeness (QED) is 0.685. The predicted molar refractivity (Wildman–Crippen MR) is 123 cm³/mol. The van der Waals surface area contributed by atoms with Crippen molar-refractivity contribution >= 4 is 11.6 Å². The second-order valence-corrected chi connectivity index (χ2v) is 10.0. The highest BCUT2D eigenvalue weighted by Gasteiger charge is 2.43. The topological polar surface area (TPSA) is 79.7 Å². The van der Waals surface area contributed by atoms with Gasteiger partial charge in [0.25, 0.3) is 0 Å². The van der Waals surface area contributed by atoms with E-state index in [1.165, 1.54) is 11.1 Å². The van der Waals surface area contributed by atoms with Crippen LogP contribution in [0.2, 0.25) is 5.02 Å². The Bertz CT molecular complexity index is 1060. The van der Waals surface area contributed by atoms with E-state index in [0.717, 1.165) is 68.6 Å². The minimum Gasteiger partial charge on any atom is -0.377 e. The molecule has 0 unspecified atom stereocenters. The molecule has 2 fully saturated rings.